The van der Waals surface area contributed by atoms with Gasteiger partial charge in [0.25, 0.3) is 0 Å². The van der Waals surface area contributed by atoms with Gasteiger partial charge in [-0.2, -0.15) is 0 Å². The molecule has 1 fully saturated rings. The zero-order chi connectivity index (χ0) is 5.98. The van der Waals surface area contributed by atoms with Gasteiger partial charge in [-0.15, -0.1) is 0 Å². The third-order valence-corrected chi connectivity index (χ3v) is 1.39. The van der Waals surface area contributed by atoms with E-state index in [1.165, 1.54) is 0 Å². The Hall–Kier alpha value is 0.430. The van der Waals surface area contributed by atoms with Crippen molar-refractivity contribution in [1.29, 1.82) is 0 Å². The number of hydrogen-bond acceptors (Lipinski definition) is 3. The first kappa shape index (κ1) is 9.43. The van der Waals surface area contributed by atoms with Gasteiger partial charge in [0.15, 0.2) is 0 Å². The molecule has 1 aliphatic rings. The molecule has 0 bridgehead atoms. The summed E-state index contributed by atoms with van der Waals surface area (Å²) in [7, 11) is 0. The molecule has 0 aromatic rings. The average Bonchev–Trinajstić information content (AvgIpc) is 2.12. The van der Waals surface area contributed by atoms with Crippen LogP contribution in [0.2, 0.25) is 0 Å². The summed E-state index contributed by atoms with van der Waals surface area (Å²) in [5, 5.41) is 13.0. The van der Waals surface area contributed by atoms with Crippen molar-refractivity contribution in [2.75, 3.05) is 13.1 Å². The molecule has 1 atom stereocenters. The SMILES string of the molecule is O=C([O-])C1CCNC1.[Na+]. The Morgan fingerprint density at radius 1 is 1.67 bits per heavy atom. The minimum atomic E-state index is -0.921. The fourth-order valence-corrected chi connectivity index (χ4v) is 0.856. The summed E-state index contributed by atoms with van der Waals surface area (Å²) in [6.45, 7) is 1.40. The van der Waals surface area contributed by atoms with Gasteiger partial charge in [-0.05, 0) is 13.0 Å². The molecular weight excluding hydrogens is 129 g/mol. The first-order valence-electron chi connectivity index (χ1n) is 2.72. The van der Waals surface area contributed by atoms with E-state index < -0.39 is 5.97 Å². The van der Waals surface area contributed by atoms with E-state index in [1.807, 2.05) is 0 Å². The maximum Gasteiger partial charge on any atom is 1.00 e. The molecule has 1 rings (SSSR count). The third-order valence-electron chi connectivity index (χ3n) is 1.39. The average molecular weight is 137 g/mol. The summed E-state index contributed by atoms with van der Waals surface area (Å²) in [5.41, 5.74) is 0. The summed E-state index contributed by atoms with van der Waals surface area (Å²) in [4.78, 5) is 10.1. The summed E-state index contributed by atoms with van der Waals surface area (Å²) < 4.78 is 0. The molecule has 4 heteroatoms. The fraction of sp³-hybridized carbons (Fsp3) is 0.800. The van der Waals surface area contributed by atoms with E-state index >= 15 is 0 Å². The molecule has 0 spiro atoms. The Bertz CT molecular complexity index is 101. The van der Waals surface area contributed by atoms with E-state index in [2.05, 4.69) is 5.32 Å². The molecule has 1 saturated heterocycles. The van der Waals surface area contributed by atoms with Crippen LogP contribution in [-0.2, 0) is 4.79 Å². The predicted octanol–water partition coefficient (Wildman–Crippen LogP) is -4.65. The molecule has 0 amide bonds. The Morgan fingerprint density at radius 3 is 2.56 bits per heavy atom. The number of nitrogens with one attached hydrogen (secondary N) is 1. The van der Waals surface area contributed by atoms with Gasteiger partial charge in [0, 0.05) is 18.4 Å². The van der Waals surface area contributed by atoms with Gasteiger partial charge in [0.1, 0.15) is 0 Å². The molecule has 46 valence electrons. The molecule has 0 aliphatic carbocycles. The number of carbonyl (C=O) groups is 1. The van der Waals surface area contributed by atoms with Gasteiger partial charge in [0.2, 0.25) is 0 Å². The summed E-state index contributed by atoms with van der Waals surface area (Å²) in [6, 6.07) is 0. The van der Waals surface area contributed by atoms with Crippen molar-refractivity contribution in [2.24, 2.45) is 5.92 Å². The smallest absolute Gasteiger partial charge is 0.550 e. The Morgan fingerprint density at radius 2 is 2.33 bits per heavy atom. The van der Waals surface area contributed by atoms with Gasteiger partial charge in [-0.3, -0.25) is 0 Å². The fourth-order valence-electron chi connectivity index (χ4n) is 0.856. The minimum absolute atomic E-state index is 0. The van der Waals surface area contributed by atoms with Gasteiger partial charge >= 0.3 is 29.6 Å². The quantitative estimate of drug-likeness (QED) is 0.370. The summed E-state index contributed by atoms with van der Waals surface area (Å²) in [5.74, 6) is -1.16. The number of aliphatic carboxylic acids is 1. The number of carboxylic acid groups (broad SMARTS) is 1. The molecule has 0 aromatic carbocycles. The van der Waals surface area contributed by atoms with Gasteiger partial charge in [-0.25, -0.2) is 0 Å². The van der Waals surface area contributed by atoms with Crippen LogP contribution >= 0.6 is 0 Å². The molecular formula is C5H8NNaO2. The first-order chi connectivity index (χ1) is 3.80. The minimum Gasteiger partial charge on any atom is -0.550 e. The number of hydrogen-bond donors (Lipinski definition) is 1. The van der Waals surface area contributed by atoms with Gasteiger partial charge < -0.3 is 15.2 Å². The van der Waals surface area contributed by atoms with E-state index in [-0.39, 0.29) is 35.5 Å². The Balaban J connectivity index is 0.000000640. The maximum absolute atomic E-state index is 10.1. The van der Waals surface area contributed by atoms with Crippen LogP contribution in [0.1, 0.15) is 6.42 Å². The van der Waals surface area contributed by atoms with Crippen LogP contribution in [0.3, 0.4) is 0 Å². The summed E-state index contributed by atoms with van der Waals surface area (Å²) in [6.07, 6.45) is 0.725. The summed E-state index contributed by atoms with van der Waals surface area (Å²) >= 11 is 0. The number of rotatable bonds is 1. The third kappa shape index (κ3) is 2.67. The zero-order valence-electron chi connectivity index (χ0n) is 5.52. The normalized spacial score (nSPS) is 25.1. The van der Waals surface area contributed by atoms with Crippen molar-refractivity contribution in [3.8, 4) is 0 Å². The van der Waals surface area contributed by atoms with E-state index in [0.29, 0.717) is 6.54 Å². The van der Waals surface area contributed by atoms with Gasteiger partial charge in [0.05, 0.1) is 0 Å². The molecule has 1 heterocycles. The standard InChI is InChI=1S/C5H9NO2.Na/c7-5(8)4-1-2-6-3-4;/h4,6H,1-3H2,(H,7,8);/q;+1/p-1. The van der Waals surface area contributed by atoms with E-state index in [0.717, 1.165) is 13.0 Å². The maximum atomic E-state index is 10.1. The second-order valence-corrected chi connectivity index (χ2v) is 2.01. The molecule has 0 saturated carbocycles. The van der Waals surface area contributed by atoms with E-state index in [4.69, 9.17) is 0 Å². The molecule has 1 aliphatic heterocycles. The molecule has 9 heavy (non-hydrogen) atoms. The molecule has 3 nitrogen and oxygen atoms in total. The Labute approximate surface area is 76.1 Å². The van der Waals surface area contributed by atoms with Crippen LogP contribution in [0.4, 0.5) is 0 Å². The van der Waals surface area contributed by atoms with Crippen molar-refractivity contribution in [3.05, 3.63) is 0 Å². The van der Waals surface area contributed by atoms with Crippen LogP contribution in [0.5, 0.6) is 0 Å². The van der Waals surface area contributed by atoms with Crippen molar-refractivity contribution < 1.29 is 39.5 Å². The van der Waals surface area contributed by atoms with Crippen molar-refractivity contribution in [1.82, 2.24) is 5.32 Å². The monoisotopic (exact) mass is 137 g/mol. The van der Waals surface area contributed by atoms with Crippen LogP contribution in [0.25, 0.3) is 0 Å². The molecule has 1 unspecified atom stereocenters. The van der Waals surface area contributed by atoms with Crippen LogP contribution < -0.4 is 40.0 Å². The zero-order valence-corrected chi connectivity index (χ0v) is 7.52. The van der Waals surface area contributed by atoms with E-state index in [9.17, 15) is 9.90 Å². The largest absolute Gasteiger partial charge is 1.00 e. The number of carbonyl (C=O) groups excluding carboxylic acids is 1. The van der Waals surface area contributed by atoms with Crippen LogP contribution in [-0.4, -0.2) is 19.1 Å². The van der Waals surface area contributed by atoms with Crippen molar-refractivity contribution in [3.63, 3.8) is 0 Å². The second kappa shape index (κ2) is 4.28. The second-order valence-electron chi connectivity index (χ2n) is 2.01. The Kier molecular flexibility index (Phi) is 4.48. The molecule has 0 radical (unpaired) electrons. The van der Waals surface area contributed by atoms with Gasteiger partial charge in [-0.1, -0.05) is 0 Å². The molecule has 1 N–H and O–H groups in total. The predicted molar refractivity (Wildman–Crippen MR) is 26.0 cm³/mol. The molecule has 0 aromatic heterocycles. The van der Waals surface area contributed by atoms with Crippen LogP contribution in [0.15, 0.2) is 0 Å². The van der Waals surface area contributed by atoms with E-state index in [1.54, 1.807) is 0 Å². The van der Waals surface area contributed by atoms with Crippen molar-refractivity contribution in [2.45, 2.75) is 6.42 Å². The van der Waals surface area contributed by atoms with Crippen molar-refractivity contribution >= 4 is 5.97 Å². The topological polar surface area (TPSA) is 52.2 Å². The van der Waals surface area contributed by atoms with Crippen LogP contribution in [0, 0.1) is 5.92 Å². The number of carboxylic acids is 1. The first-order valence-corrected chi connectivity index (χ1v) is 2.72.